The SMILES string of the molecule is COc1cc(C)cc(OC)c1-c1cc(F)cc(C(CC(=O)O)c2nnc(C)o2)c1. The van der Waals surface area contributed by atoms with Crippen LogP contribution in [0.3, 0.4) is 0 Å². The first-order valence-corrected chi connectivity index (χ1v) is 8.87. The molecule has 8 heteroatoms. The van der Waals surface area contributed by atoms with Crippen molar-refractivity contribution in [3.05, 3.63) is 59.1 Å². The maximum absolute atomic E-state index is 14.6. The molecule has 3 aromatic rings. The summed E-state index contributed by atoms with van der Waals surface area (Å²) in [6.45, 7) is 3.50. The van der Waals surface area contributed by atoms with Gasteiger partial charge in [0.05, 0.1) is 32.1 Å². The van der Waals surface area contributed by atoms with E-state index >= 15 is 0 Å². The molecule has 1 heterocycles. The Kier molecular flexibility index (Phi) is 5.81. The molecule has 0 aliphatic rings. The Labute approximate surface area is 167 Å². The van der Waals surface area contributed by atoms with Gasteiger partial charge >= 0.3 is 5.97 Å². The number of halogens is 1. The molecular weight excluding hydrogens is 379 g/mol. The Morgan fingerprint density at radius 1 is 1.10 bits per heavy atom. The lowest BCUT2D eigenvalue weighted by Gasteiger charge is -2.17. The third-order valence-corrected chi connectivity index (χ3v) is 4.48. The number of carboxylic acids is 1. The van der Waals surface area contributed by atoms with Crippen molar-refractivity contribution < 1.29 is 28.2 Å². The van der Waals surface area contributed by atoms with E-state index in [-0.39, 0.29) is 12.3 Å². The van der Waals surface area contributed by atoms with Crippen LogP contribution < -0.4 is 9.47 Å². The lowest BCUT2D eigenvalue weighted by atomic mass is 9.91. The van der Waals surface area contributed by atoms with Crippen LogP contribution in [0, 0.1) is 19.7 Å². The van der Waals surface area contributed by atoms with E-state index in [1.54, 1.807) is 13.0 Å². The van der Waals surface area contributed by atoms with Gasteiger partial charge in [0.15, 0.2) is 0 Å². The molecule has 1 aromatic heterocycles. The first-order valence-electron chi connectivity index (χ1n) is 8.87. The van der Waals surface area contributed by atoms with Crippen LogP contribution in [-0.4, -0.2) is 35.5 Å². The summed E-state index contributed by atoms with van der Waals surface area (Å²) in [5.41, 5.74) is 2.37. The van der Waals surface area contributed by atoms with E-state index in [1.807, 2.05) is 19.1 Å². The number of hydrogen-bond donors (Lipinski definition) is 1. The molecule has 0 spiro atoms. The average molecular weight is 400 g/mol. The van der Waals surface area contributed by atoms with Gasteiger partial charge in [0, 0.05) is 6.92 Å². The van der Waals surface area contributed by atoms with Crippen molar-refractivity contribution in [2.75, 3.05) is 14.2 Å². The molecule has 0 radical (unpaired) electrons. The number of aromatic nitrogens is 2. The lowest BCUT2D eigenvalue weighted by Crippen LogP contribution is -2.09. The minimum atomic E-state index is -1.07. The van der Waals surface area contributed by atoms with Gasteiger partial charge in [-0.2, -0.15) is 0 Å². The van der Waals surface area contributed by atoms with Crippen molar-refractivity contribution in [2.24, 2.45) is 0 Å². The molecule has 0 fully saturated rings. The Bertz CT molecular complexity index is 1020. The summed E-state index contributed by atoms with van der Waals surface area (Å²) in [4.78, 5) is 11.4. The molecule has 29 heavy (non-hydrogen) atoms. The second-order valence-corrected chi connectivity index (χ2v) is 6.63. The number of carbonyl (C=O) groups is 1. The Balaban J connectivity index is 2.19. The van der Waals surface area contributed by atoms with Crippen LogP contribution in [0.5, 0.6) is 11.5 Å². The molecule has 1 atom stereocenters. The van der Waals surface area contributed by atoms with Crippen LogP contribution in [0.4, 0.5) is 4.39 Å². The van der Waals surface area contributed by atoms with Crippen LogP contribution in [-0.2, 0) is 4.79 Å². The number of hydrogen-bond acceptors (Lipinski definition) is 6. The Morgan fingerprint density at radius 2 is 1.76 bits per heavy atom. The highest BCUT2D eigenvalue weighted by molar-refractivity contribution is 5.78. The number of aliphatic carboxylic acids is 1. The van der Waals surface area contributed by atoms with Gasteiger partial charge in [-0.05, 0) is 53.9 Å². The molecule has 0 aliphatic carbocycles. The molecule has 0 saturated carbocycles. The molecule has 1 N–H and O–H groups in total. The van der Waals surface area contributed by atoms with Crippen LogP contribution in [0.25, 0.3) is 11.1 Å². The summed E-state index contributed by atoms with van der Waals surface area (Å²) in [5.74, 6) is -0.955. The van der Waals surface area contributed by atoms with Crippen LogP contribution in [0.2, 0.25) is 0 Å². The fraction of sp³-hybridized carbons (Fsp3) is 0.286. The molecule has 0 bridgehead atoms. The predicted octanol–water partition coefficient (Wildman–Crippen LogP) is 4.12. The normalized spacial score (nSPS) is 11.9. The van der Waals surface area contributed by atoms with Gasteiger partial charge in [-0.15, -0.1) is 10.2 Å². The first-order chi connectivity index (χ1) is 13.8. The number of rotatable bonds is 7. The maximum Gasteiger partial charge on any atom is 0.304 e. The molecule has 152 valence electrons. The molecule has 1 unspecified atom stereocenters. The average Bonchev–Trinajstić information content (AvgIpc) is 3.10. The summed E-state index contributed by atoms with van der Waals surface area (Å²) in [6, 6.07) is 7.93. The van der Waals surface area contributed by atoms with Gasteiger partial charge in [-0.1, -0.05) is 0 Å². The highest BCUT2D eigenvalue weighted by Crippen LogP contribution is 2.41. The van der Waals surface area contributed by atoms with Crippen molar-refractivity contribution in [3.8, 4) is 22.6 Å². The molecular formula is C21H21FN2O5. The maximum atomic E-state index is 14.6. The Morgan fingerprint density at radius 3 is 2.28 bits per heavy atom. The van der Waals surface area contributed by atoms with Crippen molar-refractivity contribution >= 4 is 5.97 Å². The second-order valence-electron chi connectivity index (χ2n) is 6.63. The standard InChI is InChI=1S/C21H21FN2O5/c1-11-5-17(27-3)20(18(6-11)28-4)14-7-13(8-15(22)9-14)16(10-19(25)26)21-24-23-12(2)29-21/h5-9,16H,10H2,1-4H3,(H,25,26). The summed E-state index contributed by atoms with van der Waals surface area (Å²) in [7, 11) is 3.04. The van der Waals surface area contributed by atoms with Gasteiger partial charge in [0.25, 0.3) is 0 Å². The zero-order valence-corrected chi connectivity index (χ0v) is 16.5. The molecule has 7 nitrogen and oxygen atoms in total. The van der Waals surface area contributed by atoms with E-state index in [9.17, 15) is 14.3 Å². The number of ether oxygens (including phenoxy) is 2. The van der Waals surface area contributed by atoms with E-state index in [0.29, 0.717) is 34.1 Å². The van der Waals surface area contributed by atoms with Gasteiger partial charge in [-0.25, -0.2) is 4.39 Å². The topological polar surface area (TPSA) is 94.7 Å². The number of aryl methyl sites for hydroxylation is 2. The fourth-order valence-electron chi connectivity index (χ4n) is 3.26. The third kappa shape index (κ3) is 4.37. The largest absolute Gasteiger partial charge is 0.496 e. The zero-order valence-electron chi connectivity index (χ0n) is 16.5. The molecule has 0 saturated heterocycles. The van der Waals surface area contributed by atoms with Crippen molar-refractivity contribution in [1.82, 2.24) is 10.2 Å². The number of methoxy groups -OCH3 is 2. The van der Waals surface area contributed by atoms with Crippen molar-refractivity contribution in [3.63, 3.8) is 0 Å². The molecule has 0 aliphatic heterocycles. The van der Waals surface area contributed by atoms with E-state index in [2.05, 4.69) is 10.2 Å². The highest BCUT2D eigenvalue weighted by Gasteiger charge is 2.25. The smallest absolute Gasteiger partial charge is 0.304 e. The van der Waals surface area contributed by atoms with Crippen LogP contribution >= 0.6 is 0 Å². The number of carboxylic acid groups (broad SMARTS) is 1. The zero-order chi connectivity index (χ0) is 21.1. The third-order valence-electron chi connectivity index (χ3n) is 4.48. The molecule has 0 amide bonds. The van der Waals surface area contributed by atoms with Crippen molar-refractivity contribution in [1.29, 1.82) is 0 Å². The van der Waals surface area contributed by atoms with E-state index < -0.39 is 17.7 Å². The summed E-state index contributed by atoms with van der Waals surface area (Å²) >= 11 is 0. The van der Waals surface area contributed by atoms with Gasteiger partial charge in [-0.3, -0.25) is 4.79 Å². The lowest BCUT2D eigenvalue weighted by molar-refractivity contribution is -0.137. The predicted molar refractivity (Wildman–Crippen MR) is 103 cm³/mol. The van der Waals surface area contributed by atoms with Gasteiger partial charge < -0.3 is 19.0 Å². The minimum absolute atomic E-state index is 0.115. The summed E-state index contributed by atoms with van der Waals surface area (Å²) in [5, 5.41) is 17.0. The number of benzene rings is 2. The van der Waals surface area contributed by atoms with Crippen LogP contribution in [0.1, 0.15) is 35.2 Å². The minimum Gasteiger partial charge on any atom is -0.496 e. The summed E-state index contributed by atoms with van der Waals surface area (Å²) in [6.07, 6.45) is -0.327. The van der Waals surface area contributed by atoms with Gasteiger partial charge in [0.1, 0.15) is 17.3 Å². The van der Waals surface area contributed by atoms with Crippen molar-refractivity contribution in [2.45, 2.75) is 26.2 Å². The van der Waals surface area contributed by atoms with Gasteiger partial charge in [0.2, 0.25) is 11.8 Å². The highest BCUT2D eigenvalue weighted by atomic mass is 19.1. The van der Waals surface area contributed by atoms with E-state index in [4.69, 9.17) is 13.9 Å². The van der Waals surface area contributed by atoms with Crippen LogP contribution in [0.15, 0.2) is 34.7 Å². The first kappa shape index (κ1) is 20.3. The summed E-state index contributed by atoms with van der Waals surface area (Å²) < 4.78 is 31.0. The fourth-order valence-corrected chi connectivity index (χ4v) is 3.26. The van der Waals surface area contributed by atoms with E-state index in [1.165, 1.54) is 26.4 Å². The molecule has 2 aromatic carbocycles. The quantitative estimate of drug-likeness (QED) is 0.637. The molecule has 3 rings (SSSR count). The monoisotopic (exact) mass is 400 g/mol. The Hall–Kier alpha value is -3.42. The number of nitrogens with zero attached hydrogens (tertiary/aromatic N) is 2. The van der Waals surface area contributed by atoms with E-state index in [0.717, 1.165) is 5.56 Å². The second kappa shape index (κ2) is 8.30.